The lowest BCUT2D eigenvalue weighted by Gasteiger charge is -2.41. The van der Waals surface area contributed by atoms with Gasteiger partial charge in [-0.25, -0.2) is 0 Å². The number of hydrogen-bond donors (Lipinski definition) is 1. The zero-order chi connectivity index (χ0) is 22.6. The van der Waals surface area contributed by atoms with Crippen molar-refractivity contribution in [3.05, 3.63) is 35.9 Å². The Morgan fingerprint density at radius 2 is 1.59 bits per heavy atom. The summed E-state index contributed by atoms with van der Waals surface area (Å²) in [5.74, 6) is 0.560. The van der Waals surface area contributed by atoms with Crippen LogP contribution in [0.25, 0.3) is 0 Å². The van der Waals surface area contributed by atoms with Crippen LogP contribution in [-0.4, -0.2) is 35.8 Å². The first-order chi connectivity index (χ1) is 15.5. The zero-order valence-corrected chi connectivity index (χ0v) is 19.4. The predicted octanol–water partition coefficient (Wildman–Crippen LogP) is 4.57. The Balaban J connectivity index is 1.38. The van der Waals surface area contributed by atoms with Gasteiger partial charge in [0.1, 0.15) is 0 Å². The highest BCUT2D eigenvalue weighted by Crippen LogP contribution is 2.38. The minimum absolute atomic E-state index is 0.0928. The Kier molecular flexibility index (Phi) is 7.18. The number of nitrogens with zero attached hydrogens (tertiary/aromatic N) is 2. The Labute approximate surface area is 192 Å². The lowest BCUT2D eigenvalue weighted by Crippen LogP contribution is -2.51. The summed E-state index contributed by atoms with van der Waals surface area (Å²) in [6, 6.07) is 12.8. The van der Waals surface area contributed by atoms with Gasteiger partial charge < -0.3 is 10.2 Å². The van der Waals surface area contributed by atoms with E-state index in [9.17, 15) is 14.9 Å². The number of likely N-dealkylation sites (tertiary alicyclic amines) is 1. The van der Waals surface area contributed by atoms with E-state index in [0.29, 0.717) is 25.9 Å². The minimum Gasteiger partial charge on any atom is -0.353 e. The van der Waals surface area contributed by atoms with Crippen LogP contribution in [0.2, 0.25) is 0 Å². The number of amides is 2. The summed E-state index contributed by atoms with van der Waals surface area (Å²) in [5.41, 5.74) is 0.533. The molecule has 2 saturated carbocycles. The first kappa shape index (κ1) is 22.8. The van der Waals surface area contributed by atoms with Gasteiger partial charge >= 0.3 is 0 Å². The van der Waals surface area contributed by atoms with Gasteiger partial charge in [0.25, 0.3) is 0 Å². The van der Waals surface area contributed by atoms with Crippen LogP contribution in [0.15, 0.2) is 30.3 Å². The van der Waals surface area contributed by atoms with Crippen LogP contribution in [0.3, 0.4) is 0 Å². The summed E-state index contributed by atoms with van der Waals surface area (Å²) in [6.45, 7) is 3.46. The molecule has 0 aromatic heterocycles. The number of carbonyl (C=O) groups is 2. The fourth-order valence-electron chi connectivity index (χ4n) is 6.02. The molecule has 0 spiro atoms. The van der Waals surface area contributed by atoms with Crippen LogP contribution in [0, 0.1) is 29.1 Å². The van der Waals surface area contributed by atoms with E-state index < -0.39 is 5.41 Å². The summed E-state index contributed by atoms with van der Waals surface area (Å²) in [6.07, 6.45) is 9.42. The topological polar surface area (TPSA) is 73.2 Å². The molecule has 2 atom stereocenters. The van der Waals surface area contributed by atoms with Gasteiger partial charge in [-0.3, -0.25) is 9.59 Å². The largest absolute Gasteiger partial charge is 0.353 e. The van der Waals surface area contributed by atoms with E-state index in [1.54, 1.807) is 0 Å². The Hall–Kier alpha value is -2.35. The normalized spacial score (nSPS) is 30.2. The Morgan fingerprint density at radius 3 is 2.22 bits per heavy atom. The van der Waals surface area contributed by atoms with Crippen molar-refractivity contribution in [3.8, 4) is 6.07 Å². The first-order valence-corrected chi connectivity index (χ1v) is 12.6. The predicted molar refractivity (Wildman–Crippen MR) is 125 cm³/mol. The second kappa shape index (κ2) is 10.1. The van der Waals surface area contributed by atoms with E-state index in [0.717, 1.165) is 50.0 Å². The Bertz CT molecular complexity index is 830. The van der Waals surface area contributed by atoms with Crippen molar-refractivity contribution in [2.75, 3.05) is 13.1 Å². The van der Waals surface area contributed by atoms with E-state index >= 15 is 0 Å². The third-order valence-electron chi connectivity index (χ3n) is 8.25. The SMILES string of the molecule is CC1CCC(NC(=O)C2CCCCC2C(=O)N2CCC(C#N)(c3ccccc3)CC2)CC1. The molecule has 1 N–H and O–H groups in total. The molecule has 2 amide bonds. The molecule has 2 unspecified atom stereocenters. The van der Waals surface area contributed by atoms with Gasteiger partial charge in [-0.05, 0) is 62.8 Å². The molecule has 32 heavy (non-hydrogen) atoms. The number of rotatable bonds is 4. The summed E-state index contributed by atoms with van der Waals surface area (Å²) in [5, 5.41) is 13.2. The highest BCUT2D eigenvalue weighted by Gasteiger charge is 2.42. The highest BCUT2D eigenvalue weighted by atomic mass is 16.2. The summed E-state index contributed by atoms with van der Waals surface area (Å²) < 4.78 is 0. The van der Waals surface area contributed by atoms with Gasteiger partial charge in [0.05, 0.1) is 11.5 Å². The minimum atomic E-state index is -0.514. The molecule has 4 rings (SSSR count). The van der Waals surface area contributed by atoms with Crippen LogP contribution in [0.5, 0.6) is 0 Å². The standard InChI is InChI=1S/C27H37N3O2/c1-20-11-13-22(14-12-20)29-25(31)23-9-5-6-10-24(23)26(32)30-17-15-27(19-28,16-18-30)21-7-3-2-4-8-21/h2-4,7-8,20,22-24H,5-6,9-18H2,1H3,(H,29,31). The molecule has 172 valence electrons. The second-order valence-electron chi connectivity index (χ2n) is 10.3. The quantitative estimate of drug-likeness (QED) is 0.753. The van der Waals surface area contributed by atoms with Crippen molar-refractivity contribution in [2.24, 2.45) is 17.8 Å². The fraction of sp³-hybridized carbons (Fsp3) is 0.667. The summed E-state index contributed by atoms with van der Waals surface area (Å²) in [7, 11) is 0. The summed E-state index contributed by atoms with van der Waals surface area (Å²) in [4.78, 5) is 28.6. The van der Waals surface area contributed by atoms with Gasteiger partial charge in [0.2, 0.25) is 11.8 Å². The van der Waals surface area contributed by atoms with Gasteiger partial charge in [-0.2, -0.15) is 5.26 Å². The molecule has 2 aliphatic carbocycles. The second-order valence-corrected chi connectivity index (χ2v) is 10.3. The number of hydrogen-bond acceptors (Lipinski definition) is 3. The number of nitrogens with one attached hydrogen (secondary N) is 1. The molecule has 1 aromatic carbocycles. The molecule has 5 heteroatoms. The van der Waals surface area contributed by atoms with Gasteiger partial charge in [-0.15, -0.1) is 0 Å². The molecule has 1 heterocycles. The third kappa shape index (κ3) is 4.85. The zero-order valence-electron chi connectivity index (χ0n) is 19.4. The maximum Gasteiger partial charge on any atom is 0.226 e. The molecule has 3 fully saturated rings. The van der Waals surface area contributed by atoms with E-state index in [-0.39, 0.29) is 29.7 Å². The van der Waals surface area contributed by atoms with Crippen LogP contribution >= 0.6 is 0 Å². The van der Waals surface area contributed by atoms with E-state index in [2.05, 4.69) is 18.3 Å². The number of benzene rings is 1. The van der Waals surface area contributed by atoms with E-state index in [1.807, 2.05) is 35.2 Å². The van der Waals surface area contributed by atoms with Gasteiger partial charge in [-0.1, -0.05) is 50.1 Å². The molecule has 0 bridgehead atoms. The van der Waals surface area contributed by atoms with Crippen molar-refractivity contribution >= 4 is 11.8 Å². The van der Waals surface area contributed by atoms with Crippen LogP contribution in [0.1, 0.15) is 76.7 Å². The monoisotopic (exact) mass is 435 g/mol. The molecular formula is C27H37N3O2. The van der Waals surface area contributed by atoms with Crippen molar-refractivity contribution < 1.29 is 9.59 Å². The maximum absolute atomic E-state index is 13.5. The molecular weight excluding hydrogens is 398 g/mol. The fourth-order valence-corrected chi connectivity index (χ4v) is 6.02. The summed E-state index contributed by atoms with van der Waals surface area (Å²) >= 11 is 0. The van der Waals surface area contributed by atoms with Gasteiger partial charge in [0.15, 0.2) is 0 Å². The third-order valence-corrected chi connectivity index (χ3v) is 8.25. The molecule has 1 aliphatic heterocycles. The lowest BCUT2D eigenvalue weighted by molar-refractivity contribution is -0.145. The molecule has 0 radical (unpaired) electrons. The number of nitriles is 1. The number of carbonyl (C=O) groups excluding carboxylic acids is 2. The average Bonchev–Trinajstić information content (AvgIpc) is 2.85. The number of piperidine rings is 1. The van der Waals surface area contributed by atoms with E-state index in [4.69, 9.17) is 0 Å². The van der Waals surface area contributed by atoms with Gasteiger partial charge in [0, 0.05) is 31.0 Å². The Morgan fingerprint density at radius 1 is 0.969 bits per heavy atom. The molecule has 3 aliphatic rings. The molecule has 1 saturated heterocycles. The lowest BCUT2D eigenvalue weighted by atomic mass is 9.73. The smallest absolute Gasteiger partial charge is 0.226 e. The van der Waals surface area contributed by atoms with Crippen LogP contribution in [-0.2, 0) is 15.0 Å². The van der Waals surface area contributed by atoms with Crippen molar-refractivity contribution in [3.63, 3.8) is 0 Å². The maximum atomic E-state index is 13.5. The molecule has 1 aromatic rings. The van der Waals surface area contributed by atoms with E-state index in [1.165, 1.54) is 12.8 Å². The van der Waals surface area contributed by atoms with Crippen molar-refractivity contribution in [2.45, 2.75) is 82.6 Å². The molecule has 5 nitrogen and oxygen atoms in total. The highest BCUT2D eigenvalue weighted by molar-refractivity contribution is 5.88. The van der Waals surface area contributed by atoms with Crippen molar-refractivity contribution in [1.82, 2.24) is 10.2 Å². The van der Waals surface area contributed by atoms with Crippen molar-refractivity contribution in [1.29, 1.82) is 5.26 Å². The van der Waals surface area contributed by atoms with Crippen LogP contribution < -0.4 is 5.32 Å². The first-order valence-electron chi connectivity index (χ1n) is 12.6. The van der Waals surface area contributed by atoms with Crippen LogP contribution in [0.4, 0.5) is 0 Å². The average molecular weight is 436 g/mol.